The van der Waals surface area contributed by atoms with Crippen molar-refractivity contribution in [2.24, 2.45) is 0 Å². The lowest BCUT2D eigenvalue weighted by Gasteiger charge is -2.06. The van der Waals surface area contributed by atoms with Gasteiger partial charge in [-0.1, -0.05) is 0 Å². The van der Waals surface area contributed by atoms with Gasteiger partial charge in [-0.3, -0.25) is 4.79 Å². The molecule has 0 fully saturated rings. The van der Waals surface area contributed by atoms with E-state index in [2.05, 4.69) is 15.9 Å². The van der Waals surface area contributed by atoms with Crippen molar-refractivity contribution in [1.29, 1.82) is 0 Å². The van der Waals surface area contributed by atoms with E-state index in [1.807, 2.05) is 17.6 Å². The third-order valence-electron chi connectivity index (χ3n) is 1.98. The third-order valence-corrected chi connectivity index (χ3v) is 2.78. The normalized spacial score (nSPS) is 10.4. The molecule has 0 aliphatic carbocycles. The fraction of sp³-hybridized carbons (Fsp3) is 0.444. The summed E-state index contributed by atoms with van der Waals surface area (Å²) in [5.41, 5.74) is 1.74. The summed E-state index contributed by atoms with van der Waals surface area (Å²) in [6, 6.07) is 1.82. The Balaban J connectivity index is 2.94. The minimum atomic E-state index is 0.614. The topological polar surface area (TPSA) is 31.2 Å². The second-order valence-electron chi connectivity index (χ2n) is 2.76. The van der Waals surface area contributed by atoms with Crippen LogP contribution >= 0.6 is 15.9 Å². The predicted octanol–water partition coefficient (Wildman–Crippen LogP) is 2.02. The molecule has 1 rings (SSSR count). The van der Waals surface area contributed by atoms with E-state index >= 15 is 0 Å². The molecular weight excluding hydrogens is 234 g/mol. The molecule has 4 heteroatoms. The number of methoxy groups -OCH3 is 1. The van der Waals surface area contributed by atoms with Crippen LogP contribution in [0.4, 0.5) is 0 Å². The molecule has 1 heterocycles. The molecule has 0 atom stereocenters. The first-order chi connectivity index (χ1) is 6.20. The lowest BCUT2D eigenvalue weighted by molar-refractivity contribution is 0.111. The number of hydrogen-bond donors (Lipinski definition) is 0. The van der Waals surface area contributed by atoms with E-state index in [0.29, 0.717) is 18.8 Å². The van der Waals surface area contributed by atoms with Crippen LogP contribution in [0.3, 0.4) is 0 Å². The summed E-state index contributed by atoms with van der Waals surface area (Å²) in [4.78, 5) is 10.7. The largest absolute Gasteiger partial charge is 0.383 e. The minimum Gasteiger partial charge on any atom is -0.383 e. The van der Waals surface area contributed by atoms with E-state index in [-0.39, 0.29) is 0 Å². The zero-order valence-electron chi connectivity index (χ0n) is 7.71. The SMILES string of the molecule is COCCn1c(C=O)cc(Br)c1C. The highest BCUT2D eigenvalue weighted by atomic mass is 79.9. The molecule has 1 aromatic heterocycles. The highest BCUT2D eigenvalue weighted by Crippen LogP contribution is 2.19. The Bertz CT molecular complexity index is 307. The summed E-state index contributed by atoms with van der Waals surface area (Å²) >= 11 is 3.38. The van der Waals surface area contributed by atoms with E-state index in [1.165, 1.54) is 0 Å². The lowest BCUT2D eigenvalue weighted by atomic mass is 10.4. The zero-order chi connectivity index (χ0) is 9.84. The Morgan fingerprint density at radius 1 is 1.69 bits per heavy atom. The Morgan fingerprint density at radius 2 is 2.38 bits per heavy atom. The second-order valence-corrected chi connectivity index (χ2v) is 3.62. The van der Waals surface area contributed by atoms with Crippen LogP contribution in [-0.2, 0) is 11.3 Å². The van der Waals surface area contributed by atoms with E-state index in [9.17, 15) is 4.79 Å². The lowest BCUT2D eigenvalue weighted by Crippen LogP contribution is -2.08. The first-order valence-corrected chi connectivity index (χ1v) is 4.79. The van der Waals surface area contributed by atoms with Gasteiger partial charge in [0.05, 0.1) is 12.3 Å². The number of carbonyl (C=O) groups is 1. The molecule has 0 saturated heterocycles. The van der Waals surface area contributed by atoms with Crippen LogP contribution in [0.25, 0.3) is 0 Å². The average Bonchev–Trinajstić information content (AvgIpc) is 2.40. The maximum atomic E-state index is 10.7. The van der Waals surface area contributed by atoms with Gasteiger partial charge in [0.1, 0.15) is 0 Å². The first kappa shape index (κ1) is 10.5. The fourth-order valence-corrected chi connectivity index (χ4v) is 1.66. The van der Waals surface area contributed by atoms with Crippen molar-refractivity contribution in [3.63, 3.8) is 0 Å². The maximum Gasteiger partial charge on any atom is 0.166 e. The molecule has 1 aromatic rings. The molecule has 0 aromatic carbocycles. The van der Waals surface area contributed by atoms with Gasteiger partial charge in [0.15, 0.2) is 6.29 Å². The zero-order valence-corrected chi connectivity index (χ0v) is 9.30. The number of rotatable bonds is 4. The standard InChI is InChI=1S/C9H12BrNO2/c1-7-9(10)5-8(6-12)11(7)3-4-13-2/h5-6H,3-4H2,1-2H3. The monoisotopic (exact) mass is 245 g/mol. The molecule has 0 bridgehead atoms. The van der Waals surface area contributed by atoms with Gasteiger partial charge >= 0.3 is 0 Å². The minimum absolute atomic E-state index is 0.614. The van der Waals surface area contributed by atoms with E-state index < -0.39 is 0 Å². The molecule has 0 saturated carbocycles. The molecule has 0 spiro atoms. The van der Waals surface area contributed by atoms with Crippen LogP contribution in [0.2, 0.25) is 0 Å². The van der Waals surface area contributed by atoms with Crippen molar-refractivity contribution in [2.75, 3.05) is 13.7 Å². The van der Waals surface area contributed by atoms with Crippen LogP contribution in [0.5, 0.6) is 0 Å². The van der Waals surface area contributed by atoms with E-state index in [1.54, 1.807) is 7.11 Å². The van der Waals surface area contributed by atoms with Crippen LogP contribution < -0.4 is 0 Å². The molecule has 0 amide bonds. The summed E-state index contributed by atoms with van der Waals surface area (Å²) in [7, 11) is 1.65. The van der Waals surface area contributed by atoms with Crippen molar-refractivity contribution in [3.05, 3.63) is 21.9 Å². The van der Waals surface area contributed by atoms with Crippen LogP contribution in [0, 0.1) is 6.92 Å². The molecule has 0 aliphatic heterocycles. The smallest absolute Gasteiger partial charge is 0.166 e. The van der Waals surface area contributed by atoms with Gasteiger partial charge in [-0.05, 0) is 28.9 Å². The van der Waals surface area contributed by atoms with E-state index in [0.717, 1.165) is 16.5 Å². The van der Waals surface area contributed by atoms with Crippen LogP contribution in [0.15, 0.2) is 10.5 Å². The number of nitrogens with zero attached hydrogens (tertiary/aromatic N) is 1. The molecule has 72 valence electrons. The summed E-state index contributed by atoms with van der Waals surface area (Å²) in [6.45, 7) is 3.29. The number of carbonyl (C=O) groups excluding carboxylic acids is 1. The summed E-state index contributed by atoms with van der Waals surface area (Å²) in [5, 5.41) is 0. The second kappa shape index (κ2) is 4.58. The van der Waals surface area contributed by atoms with Crippen molar-refractivity contribution in [3.8, 4) is 0 Å². The Morgan fingerprint density at radius 3 is 2.92 bits per heavy atom. The van der Waals surface area contributed by atoms with Crippen molar-refractivity contribution >= 4 is 22.2 Å². The van der Waals surface area contributed by atoms with Gasteiger partial charge in [0.25, 0.3) is 0 Å². The van der Waals surface area contributed by atoms with Crippen LogP contribution in [-0.4, -0.2) is 24.6 Å². The van der Waals surface area contributed by atoms with Crippen molar-refractivity contribution in [1.82, 2.24) is 4.57 Å². The third kappa shape index (κ3) is 2.19. The predicted molar refractivity (Wildman–Crippen MR) is 54.1 cm³/mol. The molecule has 13 heavy (non-hydrogen) atoms. The maximum absolute atomic E-state index is 10.7. The molecule has 3 nitrogen and oxygen atoms in total. The van der Waals surface area contributed by atoms with Gasteiger partial charge in [-0.25, -0.2) is 0 Å². The quantitative estimate of drug-likeness (QED) is 0.761. The Kier molecular flexibility index (Phi) is 3.69. The molecule has 0 N–H and O–H groups in total. The number of hydrogen-bond acceptors (Lipinski definition) is 2. The van der Waals surface area contributed by atoms with E-state index in [4.69, 9.17) is 4.74 Å². The molecule has 0 unspecified atom stereocenters. The number of halogens is 1. The molecular formula is C9H12BrNO2. The van der Waals surface area contributed by atoms with Crippen molar-refractivity contribution in [2.45, 2.75) is 13.5 Å². The average molecular weight is 246 g/mol. The molecule has 0 radical (unpaired) electrons. The highest BCUT2D eigenvalue weighted by molar-refractivity contribution is 9.10. The van der Waals surface area contributed by atoms with Gasteiger partial charge < -0.3 is 9.30 Å². The van der Waals surface area contributed by atoms with Gasteiger partial charge in [0.2, 0.25) is 0 Å². The van der Waals surface area contributed by atoms with Crippen molar-refractivity contribution < 1.29 is 9.53 Å². The fourth-order valence-electron chi connectivity index (χ4n) is 1.21. The highest BCUT2D eigenvalue weighted by Gasteiger charge is 2.08. The Labute approximate surface area is 85.8 Å². The number of aromatic nitrogens is 1. The number of ether oxygens (including phenoxy) is 1. The van der Waals surface area contributed by atoms with Gasteiger partial charge in [0, 0.05) is 23.8 Å². The van der Waals surface area contributed by atoms with Crippen LogP contribution in [0.1, 0.15) is 16.2 Å². The van der Waals surface area contributed by atoms with Gasteiger partial charge in [-0.15, -0.1) is 0 Å². The first-order valence-electron chi connectivity index (χ1n) is 4.00. The summed E-state index contributed by atoms with van der Waals surface area (Å²) < 4.78 is 7.85. The Hall–Kier alpha value is -0.610. The number of aldehydes is 1. The summed E-state index contributed by atoms with van der Waals surface area (Å²) in [5.74, 6) is 0. The summed E-state index contributed by atoms with van der Waals surface area (Å²) in [6.07, 6.45) is 0.855. The van der Waals surface area contributed by atoms with Gasteiger partial charge in [-0.2, -0.15) is 0 Å². The molecule has 0 aliphatic rings.